The second-order valence-corrected chi connectivity index (χ2v) is 11.2. The van der Waals surface area contributed by atoms with Crippen molar-refractivity contribution in [1.29, 1.82) is 0 Å². The zero-order valence-electron chi connectivity index (χ0n) is 20.7. The third-order valence-corrected chi connectivity index (χ3v) is 7.60. The molecule has 5 nitrogen and oxygen atoms in total. The number of hydrogen-bond acceptors (Lipinski definition) is 5. The predicted octanol–water partition coefficient (Wildman–Crippen LogP) is 6.31. The van der Waals surface area contributed by atoms with Gasteiger partial charge in [0.25, 0.3) is 10.1 Å². The number of benzene rings is 2. The van der Waals surface area contributed by atoms with Gasteiger partial charge in [0.05, 0.1) is 25.9 Å². The maximum Gasteiger partial charge on any atom is 0.297 e. The van der Waals surface area contributed by atoms with Crippen LogP contribution in [0.25, 0.3) is 0 Å². The Morgan fingerprint density at radius 2 is 1.45 bits per heavy atom. The number of rotatable bonds is 9. The molecule has 1 saturated heterocycles. The van der Waals surface area contributed by atoms with E-state index in [0.717, 1.165) is 22.3 Å². The van der Waals surface area contributed by atoms with E-state index in [0.29, 0.717) is 30.4 Å². The van der Waals surface area contributed by atoms with Crippen LogP contribution in [0.15, 0.2) is 47.4 Å². The summed E-state index contributed by atoms with van der Waals surface area (Å²) in [7, 11) is -3.93. The van der Waals surface area contributed by atoms with Gasteiger partial charge in [0.2, 0.25) is 0 Å². The van der Waals surface area contributed by atoms with Gasteiger partial charge in [-0.15, -0.1) is 0 Å². The molecule has 2 unspecified atom stereocenters. The average molecular weight is 475 g/mol. The molecule has 33 heavy (non-hydrogen) atoms. The third-order valence-electron chi connectivity index (χ3n) is 6.15. The van der Waals surface area contributed by atoms with Crippen molar-refractivity contribution in [2.75, 3.05) is 19.8 Å². The van der Waals surface area contributed by atoms with Gasteiger partial charge in [0.15, 0.2) is 0 Å². The Balaban J connectivity index is 1.83. The lowest BCUT2D eigenvalue weighted by atomic mass is 9.89. The summed E-state index contributed by atoms with van der Waals surface area (Å²) >= 11 is 0. The van der Waals surface area contributed by atoms with E-state index in [9.17, 15) is 8.42 Å². The summed E-state index contributed by atoms with van der Waals surface area (Å²) in [4.78, 5) is 0.331. The predicted molar refractivity (Wildman–Crippen MR) is 131 cm³/mol. The maximum atomic E-state index is 13.5. The van der Waals surface area contributed by atoms with Crippen molar-refractivity contribution in [1.82, 2.24) is 0 Å². The Hall–Kier alpha value is -1.73. The second-order valence-electron chi connectivity index (χ2n) is 9.67. The van der Waals surface area contributed by atoms with Crippen LogP contribution in [0, 0.1) is 0 Å². The highest BCUT2D eigenvalue weighted by Gasteiger charge is 2.31. The number of ether oxygens (including phenoxy) is 2. The van der Waals surface area contributed by atoms with Crippen LogP contribution in [0.4, 0.5) is 0 Å². The first kappa shape index (κ1) is 25.9. The lowest BCUT2D eigenvalue weighted by molar-refractivity contribution is -0.146. The first-order valence-corrected chi connectivity index (χ1v) is 13.4. The quantitative estimate of drug-likeness (QED) is 0.399. The second kappa shape index (κ2) is 11.1. The van der Waals surface area contributed by atoms with E-state index < -0.39 is 10.1 Å². The summed E-state index contributed by atoms with van der Waals surface area (Å²) in [5, 5.41) is 0. The van der Waals surface area contributed by atoms with E-state index in [1.807, 2.05) is 70.2 Å². The van der Waals surface area contributed by atoms with Gasteiger partial charge in [-0.1, -0.05) is 84.0 Å². The summed E-state index contributed by atoms with van der Waals surface area (Å²) in [6.45, 7) is 13.4. The Bertz CT molecular complexity index is 983. The van der Waals surface area contributed by atoms with Crippen LogP contribution in [-0.4, -0.2) is 34.3 Å². The molecular weight excluding hydrogens is 436 g/mol. The molecule has 0 spiro atoms. The van der Waals surface area contributed by atoms with E-state index in [1.54, 1.807) is 0 Å². The van der Waals surface area contributed by atoms with Crippen molar-refractivity contribution in [3.8, 4) is 0 Å². The van der Waals surface area contributed by atoms with Crippen LogP contribution >= 0.6 is 0 Å². The molecular formula is C27H38O5S. The summed E-state index contributed by atoms with van der Waals surface area (Å²) in [6, 6.07) is 14.0. The monoisotopic (exact) mass is 474 g/mol. The van der Waals surface area contributed by atoms with Gasteiger partial charge in [-0.25, -0.2) is 0 Å². The van der Waals surface area contributed by atoms with Gasteiger partial charge < -0.3 is 9.47 Å². The van der Waals surface area contributed by atoms with Crippen LogP contribution in [-0.2, 0) is 23.8 Å². The normalized spacial score (nSPS) is 19.5. The highest BCUT2D eigenvalue weighted by molar-refractivity contribution is 7.86. The summed E-state index contributed by atoms with van der Waals surface area (Å²) in [6.07, 6.45) is -0.0560. The molecule has 0 radical (unpaired) electrons. The van der Waals surface area contributed by atoms with Gasteiger partial charge in [-0.3, -0.25) is 4.18 Å². The summed E-state index contributed by atoms with van der Waals surface area (Å²) < 4.78 is 44.4. The molecule has 0 aliphatic carbocycles. The number of hydrogen-bond donors (Lipinski definition) is 0. The van der Waals surface area contributed by atoms with Gasteiger partial charge >= 0.3 is 0 Å². The molecule has 2 aromatic carbocycles. The topological polar surface area (TPSA) is 61.8 Å². The minimum Gasteiger partial charge on any atom is -0.373 e. The summed E-state index contributed by atoms with van der Waals surface area (Å²) in [5.41, 5.74) is 3.83. The highest BCUT2D eigenvalue weighted by Crippen LogP contribution is 2.36. The molecule has 0 saturated carbocycles. The van der Waals surface area contributed by atoms with E-state index in [1.165, 1.54) is 0 Å². The Morgan fingerprint density at radius 3 is 2.00 bits per heavy atom. The fraction of sp³-hybridized carbons (Fsp3) is 0.556. The van der Waals surface area contributed by atoms with E-state index in [-0.39, 0.29) is 30.7 Å². The molecule has 2 aromatic rings. The highest BCUT2D eigenvalue weighted by atomic mass is 32.2. The zero-order chi connectivity index (χ0) is 24.2. The van der Waals surface area contributed by atoms with Gasteiger partial charge in [-0.2, -0.15) is 8.42 Å². The smallest absolute Gasteiger partial charge is 0.297 e. The molecule has 0 amide bonds. The molecule has 1 aliphatic heterocycles. The molecule has 1 heterocycles. The van der Waals surface area contributed by atoms with Crippen LogP contribution in [0.5, 0.6) is 0 Å². The van der Waals surface area contributed by atoms with Crippen molar-refractivity contribution < 1.29 is 22.1 Å². The zero-order valence-corrected chi connectivity index (χ0v) is 21.5. The molecule has 2 atom stereocenters. The van der Waals surface area contributed by atoms with E-state index >= 15 is 0 Å². The van der Waals surface area contributed by atoms with E-state index in [2.05, 4.69) is 13.8 Å². The minimum absolute atomic E-state index is 0.0424. The maximum absolute atomic E-state index is 13.5. The molecule has 6 heteroatoms. The van der Waals surface area contributed by atoms with Gasteiger partial charge in [-0.05, 0) is 40.0 Å². The van der Waals surface area contributed by atoms with Crippen molar-refractivity contribution in [2.45, 2.75) is 82.8 Å². The average Bonchev–Trinajstić information content (AvgIpc) is 2.78. The van der Waals surface area contributed by atoms with Gasteiger partial charge in [0, 0.05) is 6.42 Å². The standard InChI is InChI=1S/C27H38O5S/c1-18(2)22-16-23(19(3)4)27(24(17-22)20(5)6)33(28,29)32-13-12-25-26(31-15-14-30-25)21-10-8-7-9-11-21/h7-11,16-20,25-26H,12-15H2,1-6H3. The molecule has 1 aliphatic rings. The first-order chi connectivity index (χ1) is 15.6. The molecule has 182 valence electrons. The van der Waals surface area contributed by atoms with Crippen molar-refractivity contribution in [3.63, 3.8) is 0 Å². The third kappa shape index (κ3) is 6.24. The molecule has 3 rings (SSSR count). The molecule has 0 aromatic heterocycles. The Kier molecular flexibility index (Phi) is 8.73. The van der Waals surface area contributed by atoms with Crippen LogP contribution in [0.1, 0.15) is 94.1 Å². The fourth-order valence-electron chi connectivity index (χ4n) is 4.27. The van der Waals surface area contributed by atoms with Crippen LogP contribution in [0.2, 0.25) is 0 Å². The van der Waals surface area contributed by atoms with Crippen molar-refractivity contribution in [3.05, 3.63) is 64.7 Å². The molecule has 0 N–H and O–H groups in total. The van der Waals surface area contributed by atoms with E-state index in [4.69, 9.17) is 13.7 Å². The summed E-state index contributed by atoms with van der Waals surface area (Å²) in [5.74, 6) is 0.440. The molecule has 0 bridgehead atoms. The fourth-order valence-corrected chi connectivity index (χ4v) is 5.87. The van der Waals surface area contributed by atoms with Gasteiger partial charge in [0.1, 0.15) is 11.0 Å². The largest absolute Gasteiger partial charge is 0.373 e. The minimum atomic E-state index is -3.93. The SMILES string of the molecule is CC(C)c1cc(C(C)C)c(S(=O)(=O)OCCC2OCCOC2c2ccccc2)c(C(C)C)c1. The Morgan fingerprint density at radius 1 is 0.879 bits per heavy atom. The molecule has 1 fully saturated rings. The van der Waals surface area contributed by atoms with Crippen molar-refractivity contribution in [2.24, 2.45) is 0 Å². The lowest BCUT2D eigenvalue weighted by Gasteiger charge is -2.32. The van der Waals surface area contributed by atoms with Crippen LogP contribution < -0.4 is 0 Å². The Labute approximate surface area is 199 Å². The van der Waals surface area contributed by atoms with Crippen LogP contribution in [0.3, 0.4) is 0 Å². The first-order valence-electron chi connectivity index (χ1n) is 12.0. The van der Waals surface area contributed by atoms with Crippen molar-refractivity contribution >= 4 is 10.1 Å². The lowest BCUT2D eigenvalue weighted by Crippen LogP contribution is -2.33.